The van der Waals surface area contributed by atoms with E-state index in [1.165, 1.54) is 23.3 Å². The van der Waals surface area contributed by atoms with E-state index in [0.717, 1.165) is 119 Å². The van der Waals surface area contributed by atoms with Gasteiger partial charge >= 0.3 is 0 Å². The van der Waals surface area contributed by atoms with E-state index in [1.807, 2.05) is 75.7 Å². The smallest absolute Gasteiger partial charge is 0.283 e. The van der Waals surface area contributed by atoms with Gasteiger partial charge in [0.2, 0.25) is 23.5 Å². The molecule has 2 saturated heterocycles. The number of carbonyl (C=O) groups is 3. The molecule has 380 valence electrons. The molecule has 3 N–H and O–H groups in total. The van der Waals surface area contributed by atoms with E-state index in [0.29, 0.717) is 29.9 Å². The molecule has 0 unspecified atom stereocenters. The van der Waals surface area contributed by atoms with Gasteiger partial charge in [0.1, 0.15) is 12.1 Å². The van der Waals surface area contributed by atoms with Crippen LogP contribution in [-0.2, 0) is 19.1 Å². The molecule has 72 heavy (non-hydrogen) atoms. The zero-order valence-corrected chi connectivity index (χ0v) is 44.3. The van der Waals surface area contributed by atoms with Crippen molar-refractivity contribution in [1.82, 2.24) is 39.4 Å². The second kappa shape index (κ2) is 19.7. The zero-order valence-electron chi connectivity index (χ0n) is 41.9. The number of amides is 3. The largest absolute Gasteiger partial charge is 0.391 e. The van der Waals surface area contributed by atoms with Crippen molar-refractivity contribution in [2.75, 3.05) is 39.4 Å². The highest BCUT2D eigenvalue weighted by Crippen LogP contribution is 2.61. The lowest BCUT2D eigenvalue weighted by Crippen LogP contribution is -2.59. The number of β-amino-alcohol motifs (C(OH)–C–C–N with tert-alkyl or cyclic N) is 1. The number of aliphatic hydroxyl groups is 1. The second-order valence-electron chi connectivity index (χ2n) is 22.5. The number of aromatic nitrogens is 4. The van der Waals surface area contributed by atoms with Crippen LogP contribution in [0.2, 0.25) is 0 Å². The van der Waals surface area contributed by atoms with Gasteiger partial charge in [0, 0.05) is 30.0 Å². The van der Waals surface area contributed by atoms with Crippen LogP contribution in [0.15, 0.2) is 75.4 Å². The summed E-state index contributed by atoms with van der Waals surface area (Å²) in [6.45, 7) is 11.1. The number of ether oxygens (including phenoxy) is 1. The molecule has 3 aromatic heterocycles. The number of hydrogen-bond acceptors (Lipinski definition) is 10. The minimum absolute atomic E-state index is 0.0170. The number of rotatable bonds is 15. The number of benzene rings is 3. The van der Waals surface area contributed by atoms with Gasteiger partial charge in [-0.3, -0.25) is 23.6 Å². The molecule has 4 atom stereocenters. The monoisotopic (exact) mass is 1060 g/mol. The number of fused-ring (bicyclic) bond motifs is 5. The molecular weight excluding hydrogens is 993 g/mol. The van der Waals surface area contributed by atoms with Crippen LogP contribution < -0.4 is 16.2 Å². The number of nitrogens with one attached hydrogen (secondary N) is 2. The van der Waals surface area contributed by atoms with Crippen LogP contribution in [0.4, 0.5) is 0 Å². The highest BCUT2D eigenvalue weighted by molar-refractivity contribution is 9.10. The van der Waals surface area contributed by atoms with Crippen molar-refractivity contribution < 1.29 is 24.2 Å². The average molecular weight is 1060 g/mol. The maximum atomic E-state index is 14.5. The molecule has 3 amide bonds. The van der Waals surface area contributed by atoms with Crippen LogP contribution in [0, 0.1) is 23.7 Å². The first-order chi connectivity index (χ1) is 34.7. The minimum atomic E-state index is -0.911. The Morgan fingerprint density at radius 1 is 0.944 bits per heavy atom. The molecule has 16 heteroatoms. The quantitative estimate of drug-likeness (QED) is 0.0853. The van der Waals surface area contributed by atoms with Gasteiger partial charge in [0.05, 0.1) is 68.8 Å². The third-order valence-corrected chi connectivity index (χ3v) is 18.3. The summed E-state index contributed by atoms with van der Waals surface area (Å²) in [4.78, 5) is 70.3. The molecule has 0 bridgehead atoms. The Labute approximate surface area is 433 Å². The Bertz CT molecular complexity index is 3080. The number of imidazole rings is 1. The van der Waals surface area contributed by atoms with E-state index in [4.69, 9.17) is 9.72 Å². The summed E-state index contributed by atoms with van der Waals surface area (Å²) in [5.41, 5.74) is 7.92. The van der Waals surface area contributed by atoms with Crippen molar-refractivity contribution in [3.05, 3.63) is 97.8 Å². The lowest BCUT2D eigenvalue weighted by Gasteiger charge is -2.36. The molecule has 2 aliphatic heterocycles. The lowest BCUT2D eigenvalue weighted by molar-refractivity contribution is -0.145. The van der Waals surface area contributed by atoms with E-state index in [-0.39, 0.29) is 48.3 Å². The topological polar surface area (TPSA) is 163 Å². The van der Waals surface area contributed by atoms with E-state index in [1.54, 1.807) is 11.3 Å². The van der Waals surface area contributed by atoms with Crippen molar-refractivity contribution in [3.63, 3.8) is 0 Å². The predicted octanol–water partition coefficient (Wildman–Crippen LogP) is 8.85. The van der Waals surface area contributed by atoms with Gasteiger partial charge in [0.25, 0.3) is 5.56 Å². The van der Waals surface area contributed by atoms with E-state index < -0.39 is 29.6 Å². The van der Waals surface area contributed by atoms with Gasteiger partial charge in [-0.2, -0.15) is 4.98 Å². The SMILES string of the molecule is Cc1ncsc1-c1ccc([C@H](COCCN2CCC(c3ccc4c(c3)n(C3CCCC3)c3nc(=O)c5c(Br)cccc5n43)CC2)NC(=O)[C@@H]2C[C@@H](O)CN2C(=O)[C@@H](NC(=O)C2(C3CC3)CC2)C(C)(C)C)cc1. The molecule has 3 saturated carbocycles. The average Bonchev–Trinajstić information content (AvgIpc) is 4.18. The van der Waals surface area contributed by atoms with Crippen molar-refractivity contribution in [2.24, 2.45) is 16.7 Å². The Balaban J connectivity index is 0.761. The highest BCUT2D eigenvalue weighted by Gasteiger charge is 2.60. The number of nitrogens with zero attached hydrogens (tertiary/aromatic N) is 6. The number of hydrogen-bond donors (Lipinski definition) is 3. The Morgan fingerprint density at radius 3 is 2.38 bits per heavy atom. The van der Waals surface area contributed by atoms with Gasteiger partial charge in [-0.15, -0.1) is 11.3 Å². The van der Waals surface area contributed by atoms with Crippen LogP contribution >= 0.6 is 27.3 Å². The van der Waals surface area contributed by atoms with Gasteiger partial charge in [-0.25, -0.2) is 4.98 Å². The molecule has 14 nitrogen and oxygen atoms in total. The highest BCUT2D eigenvalue weighted by atomic mass is 79.9. The van der Waals surface area contributed by atoms with Crippen LogP contribution in [0.5, 0.6) is 0 Å². The maximum absolute atomic E-state index is 14.5. The molecule has 5 heterocycles. The Kier molecular flexibility index (Phi) is 13.5. The first kappa shape index (κ1) is 49.2. The van der Waals surface area contributed by atoms with Crippen LogP contribution in [-0.4, -0.2) is 109 Å². The number of piperidine rings is 1. The summed E-state index contributed by atoms with van der Waals surface area (Å²) in [7, 11) is 0. The Hall–Kier alpha value is -5.00. The lowest BCUT2D eigenvalue weighted by atomic mass is 9.84. The summed E-state index contributed by atoms with van der Waals surface area (Å²) in [5, 5.41) is 18.0. The molecule has 0 spiro atoms. The fourth-order valence-electron chi connectivity index (χ4n) is 12.2. The minimum Gasteiger partial charge on any atom is -0.391 e. The summed E-state index contributed by atoms with van der Waals surface area (Å²) < 4.78 is 11.7. The molecule has 3 aromatic carbocycles. The molecule has 6 aromatic rings. The van der Waals surface area contributed by atoms with Crippen LogP contribution in [0.25, 0.3) is 38.2 Å². The fourth-order valence-corrected chi connectivity index (χ4v) is 13.6. The maximum Gasteiger partial charge on any atom is 0.283 e. The number of likely N-dealkylation sites (tertiary alicyclic amines) is 2. The van der Waals surface area contributed by atoms with Crippen LogP contribution in [0.3, 0.4) is 0 Å². The normalized spacial score (nSPS) is 21.7. The van der Waals surface area contributed by atoms with Crippen molar-refractivity contribution >= 4 is 72.7 Å². The molecule has 3 aliphatic carbocycles. The summed E-state index contributed by atoms with van der Waals surface area (Å²) >= 11 is 5.21. The number of thiazole rings is 1. The van der Waals surface area contributed by atoms with E-state index in [2.05, 4.69) is 63.6 Å². The van der Waals surface area contributed by atoms with Gasteiger partial charge in [0.15, 0.2) is 0 Å². The third-order valence-electron chi connectivity index (χ3n) is 16.6. The molecule has 11 rings (SSSR count). The van der Waals surface area contributed by atoms with E-state index in [9.17, 15) is 24.3 Å². The van der Waals surface area contributed by atoms with Gasteiger partial charge < -0.3 is 34.8 Å². The number of aliphatic hydroxyl groups excluding tert-OH is 1. The number of halogens is 1. The Morgan fingerprint density at radius 2 is 1.69 bits per heavy atom. The fraction of sp³-hybridized carbons (Fsp3) is 0.536. The van der Waals surface area contributed by atoms with Gasteiger partial charge in [-0.1, -0.05) is 70.0 Å². The first-order valence-electron chi connectivity index (χ1n) is 26.2. The summed E-state index contributed by atoms with van der Waals surface area (Å²) in [6.07, 6.45) is 9.55. The standard InChI is InChI=1S/C56H67BrN8O6S/c1-33-48(72-32-58-33)36-14-12-35(13-15-36)42(59-50(67)46-29-40(66)30-63(46)52(69)49(55(2,3)4)60-53(70)56(22-23-56)38-17-18-38)31-71-27-26-62-24-20-34(21-25-62)37-16-19-43-45(28-37)64(39-8-5-6-9-39)54-61-51(68)47-41(57)10-7-11-44(47)65(43)54/h7,10-16,19,28,32,34,38-40,42,46,49,66H,5-6,8-9,17-18,20-27,29-31H2,1-4H3,(H,59,67)(H,60,70)/t40-,42+,46+,49-/m1/s1. The van der Waals surface area contributed by atoms with Gasteiger partial charge in [-0.05, 0) is 146 Å². The molecular formula is C56H67BrN8O6S. The predicted molar refractivity (Wildman–Crippen MR) is 284 cm³/mol. The number of aryl methyl sites for hydroxylation is 1. The summed E-state index contributed by atoms with van der Waals surface area (Å²) in [6, 6.07) is 18.9. The second-order valence-corrected chi connectivity index (χ2v) is 24.2. The van der Waals surface area contributed by atoms with Crippen LogP contribution in [0.1, 0.15) is 126 Å². The van der Waals surface area contributed by atoms with E-state index >= 15 is 0 Å². The molecule has 5 aliphatic rings. The van der Waals surface area contributed by atoms with Crippen molar-refractivity contribution in [1.29, 1.82) is 0 Å². The van der Waals surface area contributed by atoms with Crippen molar-refractivity contribution in [3.8, 4) is 10.4 Å². The summed E-state index contributed by atoms with van der Waals surface area (Å²) in [5.74, 6) is 0.743. The molecule has 5 fully saturated rings. The first-order valence-corrected chi connectivity index (χ1v) is 27.9. The third kappa shape index (κ3) is 9.43. The number of carbonyl (C=O) groups excluding carboxylic acids is 3. The molecule has 0 radical (unpaired) electrons. The van der Waals surface area contributed by atoms with Crippen molar-refractivity contribution in [2.45, 2.75) is 135 Å². The zero-order chi connectivity index (χ0) is 50.1.